The Morgan fingerprint density at radius 3 is 1.83 bits per heavy atom. The Bertz CT molecular complexity index is 626. The summed E-state index contributed by atoms with van der Waals surface area (Å²) in [5, 5.41) is 10.4. The van der Waals surface area contributed by atoms with Crippen molar-refractivity contribution in [2.75, 3.05) is 35.0 Å². The summed E-state index contributed by atoms with van der Waals surface area (Å²) in [4.78, 5) is 0. The molecule has 1 unspecified atom stereocenters. The number of aliphatic hydroxyl groups excluding tert-OH is 1. The largest absolute Gasteiger partial charge is 0.497 e. The van der Waals surface area contributed by atoms with Crippen molar-refractivity contribution in [1.82, 2.24) is 0 Å². The van der Waals surface area contributed by atoms with E-state index < -0.39 is 6.10 Å². The first-order valence-corrected chi connectivity index (χ1v) is 7.37. The van der Waals surface area contributed by atoms with Crippen LogP contribution in [0, 0.1) is 0 Å². The van der Waals surface area contributed by atoms with Gasteiger partial charge in [0.2, 0.25) is 5.75 Å². The van der Waals surface area contributed by atoms with Crippen molar-refractivity contribution in [3.63, 3.8) is 0 Å². The summed E-state index contributed by atoms with van der Waals surface area (Å²) in [6.07, 6.45) is -0.872. The minimum atomic E-state index is -0.872. The highest BCUT2D eigenvalue weighted by Crippen LogP contribution is 2.37. The monoisotopic (exact) mass is 334 g/mol. The van der Waals surface area contributed by atoms with Crippen LogP contribution in [0.15, 0.2) is 36.4 Å². The molecule has 0 heterocycles. The van der Waals surface area contributed by atoms with E-state index in [1.165, 1.54) is 0 Å². The number of methoxy groups -OCH3 is 4. The van der Waals surface area contributed by atoms with Gasteiger partial charge in [-0.25, -0.2) is 0 Å². The van der Waals surface area contributed by atoms with E-state index in [9.17, 15) is 5.11 Å². The summed E-state index contributed by atoms with van der Waals surface area (Å²) in [6.45, 7) is 0.0209. The van der Waals surface area contributed by atoms with Crippen molar-refractivity contribution < 1.29 is 28.8 Å². The molecule has 0 amide bonds. The fraction of sp³-hybridized carbons (Fsp3) is 0.333. The van der Waals surface area contributed by atoms with E-state index in [-0.39, 0.29) is 6.61 Å². The molecule has 0 aliphatic carbocycles. The summed E-state index contributed by atoms with van der Waals surface area (Å²) in [7, 11) is 6.21. The Morgan fingerprint density at radius 1 is 0.833 bits per heavy atom. The third-order valence-electron chi connectivity index (χ3n) is 3.53. The van der Waals surface area contributed by atoms with Crippen LogP contribution in [0.4, 0.5) is 0 Å². The fourth-order valence-electron chi connectivity index (χ4n) is 2.24. The van der Waals surface area contributed by atoms with E-state index in [0.29, 0.717) is 34.3 Å². The lowest BCUT2D eigenvalue weighted by Gasteiger charge is -2.17. The van der Waals surface area contributed by atoms with Gasteiger partial charge in [-0.1, -0.05) is 6.07 Å². The van der Waals surface area contributed by atoms with Crippen LogP contribution in [0.25, 0.3) is 0 Å². The summed E-state index contributed by atoms with van der Waals surface area (Å²) in [5.41, 5.74) is 0.625. The van der Waals surface area contributed by atoms with Crippen LogP contribution >= 0.6 is 0 Å². The number of hydrogen-bond acceptors (Lipinski definition) is 6. The molecule has 0 saturated heterocycles. The molecule has 130 valence electrons. The topological polar surface area (TPSA) is 66.4 Å². The molecule has 0 aliphatic rings. The van der Waals surface area contributed by atoms with Gasteiger partial charge in [0.05, 0.1) is 28.4 Å². The number of ether oxygens (including phenoxy) is 5. The van der Waals surface area contributed by atoms with Crippen LogP contribution in [-0.2, 0) is 0 Å². The van der Waals surface area contributed by atoms with E-state index in [4.69, 9.17) is 23.7 Å². The molecule has 0 aromatic heterocycles. The number of aliphatic hydroxyl groups is 1. The lowest BCUT2D eigenvalue weighted by molar-refractivity contribution is 0.104. The summed E-state index contributed by atoms with van der Waals surface area (Å²) < 4.78 is 26.7. The lowest BCUT2D eigenvalue weighted by Crippen LogP contribution is -2.11. The van der Waals surface area contributed by atoms with Crippen molar-refractivity contribution in [2.24, 2.45) is 0 Å². The second kappa shape index (κ2) is 8.31. The summed E-state index contributed by atoms with van der Waals surface area (Å²) in [5.74, 6) is 2.70. The van der Waals surface area contributed by atoms with Crippen LogP contribution in [0.1, 0.15) is 11.7 Å². The van der Waals surface area contributed by atoms with Gasteiger partial charge in [0.15, 0.2) is 11.5 Å². The Morgan fingerprint density at radius 2 is 1.38 bits per heavy atom. The smallest absolute Gasteiger partial charge is 0.203 e. The molecule has 1 N–H and O–H groups in total. The average Bonchev–Trinajstić information content (AvgIpc) is 2.64. The van der Waals surface area contributed by atoms with Gasteiger partial charge < -0.3 is 28.8 Å². The predicted octanol–water partition coefficient (Wildman–Crippen LogP) is 2.83. The van der Waals surface area contributed by atoms with Gasteiger partial charge in [-0.05, 0) is 29.8 Å². The van der Waals surface area contributed by atoms with Gasteiger partial charge in [0.25, 0.3) is 0 Å². The van der Waals surface area contributed by atoms with Crippen molar-refractivity contribution in [2.45, 2.75) is 6.10 Å². The first kappa shape index (κ1) is 17.7. The normalized spacial score (nSPS) is 11.5. The number of benzene rings is 2. The van der Waals surface area contributed by atoms with Gasteiger partial charge in [0, 0.05) is 6.07 Å². The van der Waals surface area contributed by atoms with Crippen LogP contribution in [0.2, 0.25) is 0 Å². The molecule has 6 nitrogen and oxygen atoms in total. The summed E-state index contributed by atoms with van der Waals surface area (Å²) >= 11 is 0. The number of hydrogen-bond donors (Lipinski definition) is 1. The minimum Gasteiger partial charge on any atom is -0.497 e. The zero-order chi connectivity index (χ0) is 17.5. The maximum Gasteiger partial charge on any atom is 0.203 e. The average molecular weight is 334 g/mol. The van der Waals surface area contributed by atoms with Gasteiger partial charge >= 0.3 is 0 Å². The lowest BCUT2D eigenvalue weighted by atomic mass is 10.1. The fourth-order valence-corrected chi connectivity index (χ4v) is 2.24. The Hall–Kier alpha value is -2.60. The molecule has 2 aromatic rings. The van der Waals surface area contributed by atoms with E-state index in [1.54, 1.807) is 64.8 Å². The summed E-state index contributed by atoms with van der Waals surface area (Å²) in [6, 6.07) is 10.5. The minimum absolute atomic E-state index is 0.0209. The zero-order valence-corrected chi connectivity index (χ0v) is 14.2. The van der Waals surface area contributed by atoms with E-state index >= 15 is 0 Å². The van der Waals surface area contributed by atoms with Gasteiger partial charge in [0.1, 0.15) is 24.2 Å². The van der Waals surface area contributed by atoms with Gasteiger partial charge in [-0.2, -0.15) is 0 Å². The molecular weight excluding hydrogens is 312 g/mol. The first-order chi connectivity index (χ1) is 11.6. The molecule has 2 rings (SSSR count). The molecule has 0 radical (unpaired) electrons. The first-order valence-electron chi connectivity index (χ1n) is 7.37. The Labute approximate surface area is 141 Å². The highest BCUT2D eigenvalue weighted by atomic mass is 16.5. The molecule has 0 fully saturated rings. The SMILES string of the molecule is COc1cc(OC)cc(C(O)COc2c(OC)cccc2OC)c1. The molecule has 2 aromatic carbocycles. The number of para-hydroxylation sites is 1. The van der Waals surface area contributed by atoms with Crippen molar-refractivity contribution in [3.05, 3.63) is 42.0 Å². The third-order valence-corrected chi connectivity index (χ3v) is 3.53. The van der Waals surface area contributed by atoms with Crippen LogP contribution in [0.3, 0.4) is 0 Å². The van der Waals surface area contributed by atoms with Gasteiger partial charge in [-0.15, -0.1) is 0 Å². The Kier molecular flexibility index (Phi) is 6.14. The van der Waals surface area contributed by atoms with E-state index in [1.807, 2.05) is 0 Å². The highest BCUT2D eigenvalue weighted by molar-refractivity contribution is 5.51. The molecular formula is C18H22O6. The second-order valence-corrected chi connectivity index (χ2v) is 4.96. The van der Waals surface area contributed by atoms with Crippen molar-refractivity contribution in [3.8, 4) is 28.7 Å². The quantitative estimate of drug-likeness (QED) is 0.801. The molecule has 0 saturated carbocycles. The second-order valence-electron chi connectivity index (χ2n) is 4.96. The molecule has 0 spiro atoms. The standard InChI is InChI=1S/C18H22O6/c1-20-13-8-12(9-14(10-13)21-2)15(19)11-24-18-16(22-3)6-5-7-17(18)23-4/h5-10,15,19H,11H2,1-4H3. The van der Waals surface area contributed by atoms with Crippen molar-refractivity contribution in [1.29, 1.82) is 0 Å². The number of rotatable bonds is 8. The predicted molar refractivity (Wildman–Crippen MR) is 89.5 cm³/mol. The van der Waals surface area contributed by atoms with Crippen LogP contribution < -0.4 is 23.7 Å². The third kappa shape index (κ3) is 4.02. The maximum atomic E-state index is 10.4. The maximum absolute atomic E-state index is 10.4. The molecule has 0 aliphatic heterocycles. The van der Waals surface area contributed by atoms with Gasteiger partial charge in [-0.3, -0.25) is 0 Å². The van der Waals surface area contributed by atoms with Crippen molar-refractivity contribution >= 4 is 0 Å². The highest BCUT2D eigenvalue weighted by Gasteiger charge is 2.16. The van der Waals surface area contributed by atoms with Crippen LogP contribution in [-0.4, -0.2) is 40.2 Å². The van der Waals surface area contributed by atoms with E-state index in [0.717, 1.165) is 0 Å². The molecule has 1 atom stereocenters. The zero-order valence-electron chi connectivity index (χ0n) is 14.2. The van der Waals surface area contributed by atoms with Crippen LogP contribution in [0.5, 0.6) is 28.7 Å². The molecule has 24 heavy (non-hydrogen) atoms. The Balaban J connectivity index is 2.18. The molecule has 0 bridgehead atoms. The molecule has 6 heteroatoms. The van der Waals surface area contributed by atoms with E-state index in [2.05, 4.69) is 0 Å².